The number of nitrogens with zero attached hydrogens (tertiary/aromatic N) is 2. The van der Waals surface area contributed by atoms with E-state index in [0.29, 0.717) is 12.4 Å². The van der Waals surface area contributed by atoms with Crippen molar-refractivity contribution in [2.24, 2.45) is 0 Å². The van der Waals surface area contributed by atoms with Gasteiger partial charge in [0.05, 0.1) is 5.69 Å². The summed E-state index contributed by atoms with van der Waals surface area (Å²) in [7, 11) is 0. The number of carbonyl (C=O) groups is 1. The Balaban J connectivity index is 1.70. The minimum absolute atomic E-state index is 0.00758. The van der Waals surface area contributed by atoms with Crippen molar-refractivity contribution >= 4 is 11.6 Å². The molecule has 23 heavy (non-hydrogen) atoms. The van der Waals surface area contributed by atoms with Crippen molar-refractivity contribution in [3.8, 4) is 0 Å². The first-order chi connectivity index (χ1) is 11.0. The minimum Gasteiger partial charge on any atom is -0.326 e. The lowest BCUT2D eigenvalue weighted by Gasteiger charge is -2.27. The van der Waals surface area contributed by atoms with Gasteiger partial charge in [-0.3, -0.25) is 14.5 Å². The Morgan fingerprint density at radius 2 is 2.09 bits per heavy atom. The number of aromatic amines is 1. The second kappa shape index (κ2) is 6.34. The normalized spacial score (nSPS) is 14.3. The van der Waals surface area contributed by atoms with Crippen LogP contribution in [0.5, 0.6) is 0 Å². The smallest absolute Gasteiger partial charge is 0.254 e. The van der Waals surface area contributed by atoms with E-state index in [-0.39, 0.29) is 11.5 Å². The molecule has 2 N–H and O–H groups in total. The van der Waals surface area contributed by atoms with Crippen LogP contribution in [0.15, 0.2) is 29.1 Å². The molecule has 0 spiro atoms. The summed E-state index contributed by atoms with van der Waals surface area (Å²) in [6.45, 7) is 5.63. The van der Waals surface area contributed by atoms with Crippen LogP contribution >= 0.6 is 0 Å². The van der Waals surface area contributed by atoms with Gasteiger partial charge in [-0.05, 0) is 31.0 Å². The Morgan fingerprint density at radius 1 is 1.35 bits per heavy atom. The lowest BCUT2D eigenvalue weighted by Crippen LogP contribution is -2.35. The average molecular weight is 312 g/mol. The number of anilines is 1. The van der Waals surface area contributed by atoms with Crippen LogP contribution in [0.4, 0.5) is 5.69 Å². The van der Waals surface area contributed by atoms with Gasteiger partial charge in [-0.15, -0.1) is 0 Å². The van der Waals surface area contributed by atoms with Gasteiger partial charge in [0.2, 0.25) is 5.91 Å². The number of fused-ring (bicyclic) bond motifs is 1. The second-order valence-electron chi connectivity index (χ2n) is 5.92. The lowest BCUT2D eigenvalue weighted by atomic mass is 10.1. The van der Waals surface area contributed by atoms with Crippen LogP contribution in [0.25, 0.3) is 0 Å². The van der Waals surface area contributed by atoms with E-state index in [2.05, 4.69) is 20.2 Å². The molecule has 1 aromatic heterocycles. The average Bonchev–Trinajstić information content (AvgIpc) is 2.48. The highest BCUT2D eigenvalue weighted by molar-refractivity contribution is 5.88. The number of rotatable bonds is 3. The Hall–Kier alpha value is -2.47. The van der Waals surface area contributed by atoms with Gasteiger partial charge in [0.1, 0.15) is 5.82 Å². The van der Waals surface area contributed by atoms with Gasteiger partial charge in [0.15, 0.2) is 0 Å². The molecule has 2 aromatic rings. The zero-order valence-corrected chi connectivity index (χ0v) is 13.3. The maximum atomic E-state index is 11.9. The second-order valence-corrected chi connectivity index (χ2v) is 5.92. The predicted octanol–water partition coefficient (Wildman–Crippen LogP) is 1.60. The standard InChI is InChI=1S/C17H20N4O2/c1-11-18-16-10-21(8-7-15(16)17(23)19-11)9-13-3-5-14(6-4-13)20-12(2)22/h3-6H,7-10H2,1-2H3,(H,20,22)(H,18,19,23). The van der Waals surface area contributed by atoms with Crippen LogP contribution in [0.3, 0.4) is 0 Å². The fraction of sp³-hybridized carbons (Fsp3) is 0.353. The number of carbonyl (C=O) groups excluding carboxylic acids is 1. The fourth-order valence-electron chi connectivity index (χ4n) is 2.91. The molecule has 0 unspecified atom stereocenters. The number of benzene rings is 1. The maximum Gasteiger partial charge on any atom is 0.254 e. The van der Waals surface area contributed by atoms with E-state index in [1.54, 1.807) is 6.92 Å². The highest BCUT2D eigenvalue weighted by Gasteiger charge is 2.20. The van der Waals surface area contributed by atoms with Gasteiger partial charge in [-0.1, -0.05) is 12.1 Å². The monoisotopic (exact) mass is 312 g/mol. The molecule has 1 aliphatic rings. The van der Waals surface area contributed by atoms with Crippen molar-refractivity contribution in [2.45, 2.75) is 33.4 Å². The molecule has 0 bridgehead atoms. The van der Waals surface area contributed by atoms with Crippen molar-refractivity contribution in [3.63, 3.8) is 0 Å². The van der Waals surface area contributed by atoms with Crippen molar-refractivity contribution in [1.82, 2.24) is 14.9 Å². The molecular weight excluding hydrogens is 292 g/mol. The van der Waals surface area contributed by atoms with E-state index in [9.17, 15) is 9.59 Å². The van der Waals surface area contributed by atoms with Crippen molar-refractivity contribution in [2.75, 3.05) is 11.9 Å². The zero-order valence-electron chi connectivity index (χ0n) is 13.3. The van der Waals surface area contributed by atoms with Crippen molar-refractivity contribution in [1.29, 1.82) is 0 Å². The molecule has 2 heterocycles. The Labute approximate surface area is 134 Å². The van der Waals surface area contributed by atoms with Gasteiger partial charge in [-0.25, -0.2) is 4.98 Å². The molecule has 6 nitrogen and oxygen atoms in total. The first-order valence-electron chi connectivity index (χ1n) is 7.69. The number of hydrogen-bond acceptors (Lipinski definition) is 4. The minimum atomic E-state index is -0.0722. The molecule has 1 aromatic carbocycles. The summed E-state index contributed by atoms with van der Waals surface area (Å²) in [6, 6.07) is 7.83. The summed E-state index contributed by atoms with van der Waals surface area (Å²) in [5.74, 6) is 0.590. The van der Waals surface area contributed by atoms with Gasteiger partial charge in [-0.2, -0.15) is 0 Å². The number of aryl methyl sites for hydroxylation is 1. The molecule has 0 atom stereocenters. The molecule has 1 amide bonds. The number of H-pyrrole nitrogens is 1. The highest BCUT2D eigenvalue weighted by atomic mass is 16.1. The van der Waals surface area contributed by atoms with E-state index in [4.69, 9.17) is 0 Å². The maximum absolute atomic E-state index is 11.9. The molecule has 120 valence electrons. The van der Waals surface area contributed by atoms with Gasteiger partial charge in [0.25, 0.3) is 5.56 Å². The first kappa shape index (κ1) is 15.4. The molecule has 0 saturated carbocycles. The molecule has 6 heteroatoms. The number of nitrogens with one attached hydrogen (secondary N) is 2. The van der Waals surface area contributed by atoms with Crippen LogP contribution < -0.4 is 10.9 Å². The van der Waals surface area contributed by atoms with Crippen LogP contribution in [-0.4, -0.2) is 27.3 Å². The van der Waals surface area contributed by atoms with Gasteiger partial charge < -0.3 is 10.3 Å². The van der Waals surface area contributed by atoms with E-state index < -0.39 is 0 Å². The summed E-state index contributed by atoms with van der Waals surface area (Å²) in [5, 5.41) is 2.76. The van der Waals surface area contributed by atoms with Crippen LogP contribution in [0, 0.1) is 6.92 Å². The van der Waals surface area contributed by atoms with Gasteiger partial charge in [0, 0.05) is 37.8 Å². The fourth-order valence-corrected chi connectivity index (χ4v) is 2.91. The van der Waals surface area contributed by atoms with Crippen LogP contribution in [-0.2, 0) is 24.3 Å². The van der Waals surface area contributed by atoms with Crippen molar-refractivity contribution in [3.05, 3.63) is 57.3 Å². The molecule has 0 radical (unpaired) electrons. The zero-order chi connectivity index (χ0) is 16.4. The highest BCUT2D eigenvalue weighted by Crippen LogP contribution is 2.17. The van der Waals surface area contributed by atoms with Crippen LogP contribution in [0.2, 0.25) is 0 Å². The summed E-state index contributed by atoms with van der Waals surface area (Å²) >= 11 is 0. The third-order valence-corrected chi connectivity index (χ3v) is 3.95. The molecule has 0 aliphatic carbocycles. The summed E-state index contributed by atoms with van der Waals surface area (Å²) in [5.41, 5.74) is 3.66. The third kappa shape index (κ3) is 3.65. The largest absolute Gasteiger partial charge is 0.326 e. The van der Waals surface area contributed by atoms with E-state index in [1.807, 2.05) is 24.3 Å². The Kier molecular flexibility index (Phi) is 4.25. The number of amides is 1. The Morgan fingerprint density at radius 3 is 2.78 bits per heavy atom. The number of aromatic nitrogens is 2. The van der Waals surface area contributed by atoms with E-state index in [0.717, 1.165) is 36.5 Å². The molecule has 1 aliphatic heterocycles. The molecule has 3 rings (SSSR count). The quantitative estimate of drug-likeness (QED) is 0.902. The van der Waals surface area contributed by atoms with Gasteiger partial charge >= 0.3 is 0 Å². The van der Waals surface area contributed by atoms with E-state index in [1.165, 1.54) is 12.5 Å². The van der Waals surface area contributed by atoms with Crippen molar-refractivity contribution < 1.29 is 4.79 Å². The predicted molar refractivity (Wildman–Crippen MR) is 88.2 cm³/mol. The lowest BCUT2D eigenvalue weighted by molar-refractivity contribution is -0.114. The summed E-state index contributed by atoms with van der Waals surface area (Å²) in [4.78, 5) is 32.5. The molecular formula is C17H20N4O2. The molecule has 0 fully saturated rings. The van der Waals surface area contributed by atoms with E-state index >= 15 is 0 Å². The SMILES string of the molecule is CC(=O)Nc1ccc(CN2CCc3c(nc(C)[nH]c3=O)C2)cc1. The molecule has 0 saturated heterocycles. The Bertz CT molecular complexity index is 780. The van der Waals surface area contributed by atoms with Crippen LogP contribution in [0.1, 0.15) is 29.6 Å². The first-order valence-corrected chi connectivity index (χ1v) is 7.69. The number of hydrogen-bond donors (Lipinski definition) is 2. The summed E-state index contributed by atoms with van der Waals surface area (Å²) < 4.78 is 0. The topological polar surface area (TPSA) is 78.1 Å². The third-order valence-electron chi connectivity index (χ3n) is 3.95. The summed E-state index contributed by atoms with van der Waals surface area (Å²) in [6.07, 6.45) is 0.724.